The predicted molar refractivity (Wildman–Crippen MR) is 61.8 cm³/mol. The van der Waals surface area contributed by atoms with Crippen molar-refractivity contribution in [1.29, 1.82) is 0 Å². The van der Waals surface area contributed by atoms with E-state index < -0.39 is 23.7 Å². The Kier molecular flexibility index (Phi) is 3.28. The number of urea groups is 1. The fourth-order valence-corrected chi connectivity index (χ4v) is 1.81. The normalized spacial score (nSPS) is 14.7. The molecule has 0 aromatic heterocycles. The van der Waals surface area contributed by atoms with Crippen molar-refractivity contribution < 1.29 is 18.8 Å². The van der Waals surface area contributed by atoms with Gasteiger partial charge in [0.15, 0.2) is 0 Å². The summed E-state index contributed by atoms with van der Waals surface area (Å²) in [5, 5.41) is 2.82. The average molecular weight is 316 g/mol. The van der Waals surface area contributed by atoms with Crippen LogP contribution in [0, 0.1) is 5.82 Å². The van der Waals surface area contributed by atoms with E-state index in [9.17, 15) is 18.8 Å². The third kappa shape index (κ3) is 2.48. The summed E-state index contributed by atoms with van der Waals surface area (Å²) in [6.07, 6.45) is 0. The highest BCUT2D eigenvalue weighted by Crippen LogP contribution is 2.17. The van der Waals surface area contributed by atoms with Crippen molar-refractivity contribution in [3.8, 4) is 0 Å². The Balaban J connectivity index is 2.15. The molecular formula is C10H7BrFN3O3. The first-order valence-corrected chi connectivity index (χ1v) is 5.64. The maximum absolute atomic E-state index is 13.0. The van der Waals surface area contributed by atoms with E-state index >= 15 is 0 Å². The number of hydrogen-bond acceptors (Lipinski definition) is 3. The van der Waals surface area contributed by atoms with Gasteiger partial charge in [-0.3, -0.25) is 20.3 Å². The highest BCUT2D eigenvalue weighted by atomic mass is 79.9. The van der Waals surface area contributed by atoms with Gasteiger partial charge in [0.1, 0.15) is 12.4 Å². The monoisotopic (exact) mass is 315 g/mol. The van der Waals surface area contributed by atoms with Crippen molar-refractivity contribution >= 4 is 33.8 Å². The average Bonchev–Trinajstić information content (AvgIpc) is 2.61. The predicted octanol–water partition coefficient (Wildman–Crippen LogP) is 0.785. The second kappa shape index (κ2) is 4.73. The van der Waals surface area contributed by atoms with Gasteiger partial charge < -0.3 is 0 Å². The first kappa shape index (κ1) is 12.5. The van der Waals surface area contributed by atoms with Crippen molar-refractivity contribution in [3.63, 3.8) is 0 Å². The molecule has 0 aliphatic carbocycles. The van der Waals surface area contributed by atoms with Crippen molar-refractivity contribution in [2.75, 3.05) is 6.54 Å². The Bertz CT molecular complexity index is 549. The lowest BCUT2D eigenvalue weighted by Gasteiger charge is -2.15. The van der Waals surface area contributed by atoms with Gasteiger partial charge in [0.25, 0.3) is 5.91 Å². The summed E-state index contributed by atoms with van der Waals surface area (Å²) >= 11 is 3.09. The highest BCUT2D eigenvalue weighted by molar-refractivity contribution is 9.10. The smallest absolute Gasteiger partial charge is 0.275 e. The van der Waals surface area contributed by atoms with Gasteiger partial charge >= 0.3 is 6.03 Å². The molecule has 0 unspecified atom stereocenters. The van der Waals surface area contributed by atoms with Gasteiger partial charge in [-0.25, -0.2) is 14.2 Å². The molecular weight excluding hydrogens is 309 g/mol. The molecule has 94 valence electrons. The molecule has 0 saturated carbocycles. The third-order valence-electron chi connectivity index (χ3n) is 2.20. The number of hydrogen-bond donors (Lipinski definition) is 2. The van der Waals surface area contributed by atoms with Crippen LogP contribution in [0.2, 0.25) is 0 Å². The van der Waals surface area contributed by atoms with Crippen LogP contribution in [0.25, 0.3) is 0 Å². The molecule has 4 amide bonds. The molecule has 1 aromatic rings. The summed E-state index contributed by atoms with van der Waals surface area (Å²) in [7, 11) is 0. The Morgan fingerprint density at radius 1 is 1.44 bits per heavy atom. The molecule has 2 N–H and O–H groups in total. The molecule has 18 heavy (non-hydrogen) atoms. The van der Waals surface area contributed by atoms with E-state index in [1.807, 2.05) is 5.32 Å². The molecule has 1 heterocycles. The number of carbonyl (C=O) groups excluding carboxylic acids is 3. The van der Waals surface area contributed by atoms with E-state index in [0.29, 0.717) is 4.47 Å². The fraction of sp³-hybridized carbons (Fsp3) is 0.100. The van der Waals surface area contributed by atoms with Crippen LogP contribution in [0.5, 0.6) is 0 Å². The molecule has 1 fully saturated rings. The third-order valence-corrected chi connectivity index (χ3v) is 2.89. The van der Waals surface area contributed by atoms with E-state index in [4.69, 9.17) is 0 Å². The van der Waals surface area contributed by atoms with Gasteiger partial charge in [0.2, 0.25) is 5.91 Å². The molecule has 2 rings (SSSR count). The Morgan fingerprint density at radius 2 is 2.17 bits per heavy atom. The van der Waals surface area contributed by atoms with Gasteiger partial charge in [-0.05, 0) is 34.1 Å². The standard InChI is InChI=1S/C10H7BrFN3O3/c11-7-2-1-5(12)3-6(7)9(17)14-15-4-8(16)13-10(15)18/h1-3H,4H2,(H,14,17)(H,13,16,18). The second-order valence-electron chi connectivity index (χ2n) is 3.50. The van der Waals surface area contributed by atoms with Gasteiger partial charge in [-0.2, -0.15) is 0 Å². The summed E-state index contributed by atoms with van der Waals surface area (Å²) in [4.78, 5) is 33.9. The summed E-state index contributed by atoms with van der Waals surface area (Å²) in [5.74, 6) is -1.78. The number of nitrogens with zero attached hydrogens (tertiary/aromatic N) is 1. The van der Waals surface area contributed by atoms with Crippen LogP contribution >= 0.6 is 15.9 Å². The zero-order valence-electron chi connectivity index (χ0n) is 8.87. The topological polar surface area (TPSA) is 78.5 Å². The molecule has 1 aliphatic heterocycles. The van der Waals surface area contributed by atoms with Crippen LogP contribution in [-0.4, -0.2) is 29.4 Å². The molecule has 1 aromatic carbocycles. The van der Waals surface area contributed by atoms with E-state index in [1.165, 1.54) is 12.1 Å². The number of amides is 4. The minimum absolute atomic E-state index is 0.0298. The molecule has 0 radical (unpaired) electrons. The van der Waals surface area contributed by atoms with Gasteiger partial charge in [0, 0.05) is 4.47 Å². The van der Waals surface area contributed by atoms with Crippen LogP contribution in [0.4, 0.5) is 9.18 Å². The van der Waals surface area contributed by atoms with Crippen LogP contribution in [0.1, 0.15) is 10.4 Å². The number of nitrogens with one attached hydrogen (secondary N) is 2. The van der Waals surface area contributed by atoms with Crippen molar-refractivity contribution in [1.82, 2.24) is 15.8 Å². The minimum atomic E-state index is -0.721. The van der Waals surface area contributed by atoms with Crippen LogP contribution in [-0.2, 0) is 4.79 Å². The van der Waals surface area contributed by atoms with Crippen LogP contribution < -0.4 is 10.7 Å². The number of hydrazine groups is 1. The van der Waals surface area contributed by atoms with Crippen molar-refractivity contribution in [2.24, 2.45) is 0 Å². The van der Waals surface area contributed by atoms with Gasteiger partial charge in [-0.1, -0.05) is 0 Å². The van der Waals surface area contributed by atoms with Crippen molar-refractivity contribution in [2.45, 2.75) is 0 Å². The van der Waals surface area contributed by atoms with E-state index in [1.54, 1.807) is 0 Å². The van der Waals surface area contributed by atoms with E-state index in [-0.39, 0.29) is 12.1 Å². The molecule has 0 spiro atoms. The summed E-state index contributed by atoms with van der Waals surface area (Å²) in [6.45, 7) is -0.266. The van der Waals surface area contributed by atoms with Gasteiger partial charge in [0.05, 0.1) is 5.56 Å². The quantitative estimate of drug-likeness (QED) is 0.792. The highest BCUT2D eigenvalue weighted by Gasteiger charge is 2.28. The molecule has 8 heteroatoms. The van der Waals surface area contributed by atoms with E-state index in [0.717, 1.165) is 11.1 Å². The number of rotatable bonds is 2. The first-order chi connectivity index (χ1) is 8.47. The zero-order valence-corrected chi connectivity index (χ0v) is 10.5. The number of carbonyl (C=O) groups is 3. The lowest BCUT2D eigenvalue weighted by molar-refractivity contribution is -0.118. The lowest BCUT2D eigenvalue weighted by Crippen LogP contribution is -2.44. The lowest BCUT2D eigenvalue weighted by atomic mass is 10.2. The number of benzene rings is 1. The second-order valence-corrected chi connectivity index (χ2v) is 4.36. The molecule has 1 saturated heterocycles. The molecule has 1 aliphatic rings. The maximum Gasteiger partial charge on any atom is 0.343 e. The van der Waals surface area contributed by atoms with Crippen LogP contribution in [0.3, 0.4) is 0 Å². The number of imide groups is 1. The molecule has 0 bridgehead atoms. The summed E-state index contributed by atoms with van der Waals surface area (Å²) < 4.78 is 13.4. The Hall–Kier alpha value is -1.96. The van der Waals surface area contributed by atoms with E-state index in [2.05, 4.69) is 21.4 Å². The first-order valence-electron chi connectivity index (χ1n) is 4.85. The maximum atomic E-state index is 13.0. The summed E-state index contributed by atoms with van der Waals surface area (Å²) in [6, 6.07) is 2.86. The number of halogens is 2. The molecule has 0 atom stereocenters. The van der Waals surface area contributed by atoms with Gasteiger partial charge in [-0.15, -0.1) is 0 Å². The van der Waals surface area contributed by atoms with Crippen LogP contribution in [0.15, 0.2) is 22.7 Å². The zero-order chi connectivity index (χ0) is 13.3. The Morgan fingerprint density at radius 3 is 2.78 bits per heavy atom. The SMILES string of the molecule is O=C1CN(NC(=O)c2cc(F)ccc2Br)C(=O)N1. The largest absolute Gasteiger partial charge is 0.343 e. The minimum Gasteiger partial charge on any atom is -0.275 e. The fourth-order valence-electron chi connectivity index (χ4n) is 1.39. The Labute approximate surface area is 109 Å². The van der Waals surface area contributed by atoms with Crippen molar-refractivity contribution in [3.05, 3.63) is 34.1 Å². The molecule has 6 nitrogen and oxygen atoms in total. The summed E-state index contributed by atoms with van der Waals surface area (Å²) in [5.41, 5.74) is 2.24.